The van der Waals surface area contributed by atoms with E-state index in [1.807, 2.05) is 19.1 Å². The second-order valence-corrected chi connectivity index (χ2v) is 5.15. The summed E-state index contributed by atoms with van der Waals surface area (Å²) >= 11 is 0. The predicted octanol–water partition coefficient (Wildman–Crippen LogP) is 3.32. The van der Waals surface area contributed by atoms with Gasteiger partial charge in [0.25, 0.3) is 0 Å². The molecule has 102 valence electrons. The Morgan fingerprint density at radius 2 is 2.11 bits per heavy atom. The predicted molar refractivity (Wildman–Crippen MR) is 79.3 cm³/mol. The van der Waals surface area contributed by atoms with E-state index in [4.69, 9.17) is 0 Å². The molecule has 0 aliphatic heterocycles. The molecule has 3 heteroatoms. The lowest BCUT2D eigenvalue weighted by Crippen LogP contribution is -2.32. The third-order valence-corrected chi connectivity index (χ3v) is 3.65. The molecule has 2 rings (SSSR count). The van der Waals surface area contributed by atoms with E-state index in [-0.39, 0.29) is 11.9 Å². The van der Waals surface area contributed by atoms with Crippen molar-refractivity contribution in [3.05, 3.63) is 35.5 Å². The first-order valence-electron chi connectivity index (χ1n) is 6.97. The van der Waals surface area contributed by atoms with Crippen LogP contribution in [-0.2, 0) is 11.2 Å². The van der Waals surface area contributed by atoms with Gasteiger partial charge in [-0.25, -0.2) is 0 Å². The number of rotatable bonds is 5. The van der Waals surface area contributed by atoms with Gasteiger partial charge in [0.15, 0.2) is 0 Å². The van der Waals surface area contributed by atoms with Gasteiger partial charge in [-0.15, -0.1) is 0 Å². The third kappa shape index (κ3) is 3.16. The topological polar surface area (TPSA) is 44.9 Å². The fourth-order valence-electron chi connectivity index (χ4n) is 2.34. The van der Waals surface area contributed by atoms with Crippen LogP contribution in [0.2, 0.25) is 0 Å². The van der Waals surface area contributed by atoms with Crippen molar-refractivity contribution >= 4 is 16.8 Å². The Kier molecular flexibility index (Phi) is 4.25. The number of carbonyl (C=O) groups is 1. The summed E-state index contributed by atoms with van der Waals surface area (Å²) in [7, 11) is 0. The van der Waals surface area contributed by atoms with Crippen molar-refractivity contribution in [1.29, 1.82) is 0 Å². The van der Waals surface area contributed by atoms with Gasteiger partial charge in [-0.3, -0.25) is 4.79 Å². The van der Waals surface area contributed by atoms with Crippen LogP contribution in [0, 0.1) is 6.92 Å². The number of carbonyl (C=O) groups excluding carboxylic acids is 1. The number of amides is 1. The lowest BCUT2D eigenvalue weighted by Gasteiger charge is -2.11. The van der Waals surface area contributed by atoms with E-state index in [0.29, 0.717) is 6.42 Å². The number of aromatic nitrogens is 1. The molecule has 1 unspecified atom stereocenters. The van der Waals surface area contributed by atoms with Crippen molar-refractivity contribution in [1.82, 2.24) is 10.3 Å². The van der Waals surface area contributed by atoms with Crippen molar-refractivity contribution in [3.8, 4) is 0 Å². The molecule has 1 atom stereocenters. The van der Waals surface area contributed by atoms with Crippen molar-refractivity contribution in [3.63, 3.8) is 0 Å². The number of benzene rings is 1. The third-order valence-electron chi connectivity index (χ3n) is 3.65. The summed E-state index contributed by atoms with van der Waals surface area (Å²) in [6, 6.07) is 8.51. The second kappa shape index (κ2) is 5.91. The quantitative estimate of drug-likeness (QED) is 0.849. The van der Waals surface area contributed by atoms with E-state index >= 15 is 0 Å². The van der Waals surface area contributed by atoms with Crippen LogP contribution < -0.4 is 5.32 Å². The fourth-order valence-corrected chi connectivity index (χ4v) is 2.34. The van der Waals surface area contributed by atoms with Crippen molar-refractivity contribution in [2.75, 3.05) is 0 Å². The fraction of sp³-hybridized carbons (Fsp3) is 0.438. The molecule has 2 N–H and O–H groups in total. The van der Waals surface area contributed by atoms with Crippen molar-refractivity contribution < 1.29 is 4.79 Å². The minimum atomic E-state index is 0.138. The summed E-state index contributed by atoms with van der Waals surface area (Å²) in [5.41, 5.74) is 3.57. The molecule has 2 aromatic rings. The number of hydrogen-bond donors (Lipinski definition) is 2. The Hall–Kier alpha value is -1.77. The van der Waals surface area contributed by atoms with E-state index < -0.39 is 0 Å². The van der Waals surface area contributed by atoms with Crippen LogP contribution in [0.5, 0.6) is 0 Å². The van der Waals surface area contributed by atoms with Crippen LogP contribution in [0.25, 0.3) is 10.9 Å². The zero-order chi connectivity index (χ0) is 13.8. The molecule has 1 heterocycles. The Balaban J connectivity index is 2.05. The minimum absolute atomic E-state index is 0.138. The van der Waals surface area contributed by atoms with E-state index in [2.05, 4.69) is 36.3 Å². The molecule has 0 fully saturated rings. The van der Waals surface area contributed by atoms with Crippen LogP contribution in [0.4, 0.5) is 0 Å². The number of hydrogen-bond acceptors (Lipinski definition) is 1. The van der Waals surface area contributed by atoms with Gasteiger partial charge in [-0.2, -0.15) is 0 Å². The van der Waals surface area contributed by atoms with E-state index in [9.17, 15) is 4.79 Å². The molecular weight excluding hydrogens is 236 g/mol. The average Bonchev–Trinajstić information content (AvgIpc) is 2.71. The molecule has 3 nitrogen and oxygen atoms in total. The number of aryl methyl sites for hydroxylation is 2. The molecular formula is C16H22N2O. The Bertz CT molecular complexity index is 571. The number of H-pyrrole nitrogens is 1. The van der Waals surface area contributed by atoms with Crippen LogP contribution in [0.15, 0.2) is 24.3 Å². The Labute approximate surface area is 114 Å². The first kappa shape index (κ1) is 13.7. The van der Waals surface area contributed by atoms with Gasteiger partial charge in [-0.05, 0) is 38.3 Å². The molecule has 0 spiro atoms. The SMILES string of the molecule is CCC(C)NC(=O)CCc1c(C)[nH]c2ccccc12. The van der Waals surface area contributed by atoms with Crippen LogP contribution in [0.3, 0.4) is 0 Å². The lowest BCUT2D eigenvalue weighted by molar-refractivity contribution is -0.121. The van der Waals surface area contributed by atoms with Crippen molar-refractivity contribution in [2.45, 2.75) is 46.1 Å². The van der Waals surface area contributed by atoms with Crippen LogP contribution in [-0.4, -0.2) is 16.9 Å². The lowest BCUT2D eigenvalue weighted by atomic mass is 10.1. The normalized spacial score (nSPS) is 12.6. The van der Waals surface area contributed by atoms with Gasteiger partial charge in [0.05, 0.1) is 0 Å². The first-order valence-corrected chi connectivity index (χ1v) is 6.97. The summed E-state index contributed by atoms with van der Waals surface area (Å²) in [6.07, 6.45) is 2.31. The van der Waals surface area contributed by atoms with E-state index in [1.165, 1.54) is 10.9 Å². The summed E-state index contributed by atoms with van der Waals surface area (Å²) < 4.78 is 0. The highest BCUT2D eigenvalue weighted by atomic mass is 16.1. The second-order valence-electron chi connectivity index (χ2n) is 5.15. The highest BCUT2D eigenvalue weighted by Gasteiger charge is 2.11. The number of para-hydroxylation sites is 1. The zero-order valence-corrected chi connectivity index (χ0v) is 11.9. The minimum Gasteiger partial charge on any atom is -0.358 e. The highest BCUT2D eigenvalue weighted by Crippen LogP contribution is 2.22. The largest absolute Gasteiger partial charge is 0.358 e. The van der Waals surface area contributed by atoms with Crippen molar-refractivity contribution in [2.24, 2.45) is 0 Å². The molecule has 0 saturated heterocycles. The number of nitrogens with one attached hydrogen (secondary N) is 2. The standard InChI is InChI=1S/C16H22N2O/c1-4-11(2)17-16(19)10-9-13-12(3)18-15-8-6-5-7-14(13)15/h5-8,11,18H,4,9-10H2,1-3H3,(H,17,19). The summed E-state index contributed by atoms with van der Waals surface area (Å²) in [4.78, 5) is 15.2. The maximum absolute atomic E-state index is 11.8. The van der Waals surface area contributed by atoms with E-state index in [1.54, 1.807) is 0 Å². The zero-order valence-electron chi connectivity index (χ0n) is 11.9. The van der Waals surface area contributed by atoms with Gasteiger partial charge in [-0.1, -0.05) is 25.1 Å². The van der Waals surface area contributed by atoms with Gasteiger partial charge in [0.1, 0.15) is 0 Å². The number of fused-ring (bicyclic) bond motifs is 1. The van der Waals surface area contributed by atoms with Gasteiger partial charge < -0.3 is 10.3 Å². The Morgan fingerprint density at radius 3 is 2.84 bits per heavy atom. The Morgan fingerprint density at radius 1 is 1.37 bits per heavy atom. The molecule has 0 aliphatic carbocycles. The summed E-state index contributed by atoms with van der Waals surface area (Å²) in [5.74, 6) is 0.138. The maximum atomic E-state index is 11.8. The average molecular weight is 258 g/mol. The molecule has 0 radical (unpaired) electrons. The van der Waals surface area contributed by atoms with Crippen LogP contribution >= 0.6 is 0 Å². The summed E-state index contributed by atoms with van der Waals surface area (Å²) in [5, 5.41) is 4.24. The molecule has 19 heavy (non-hydrogen) atoms. The van der Waals surface area contributed by atoms with E-state index in [0.717, 1.165) is 24.1 Å². The molecule has 0 aliphatic rings. The smallest absolute Gasteiger partial charge is 0.220 e. The molecule has 1 aromatic heterocycles. The molecule has 1 aromatic carbocycles. The molecule has 0 bridgehead atoms. The monoisotopic (exact) mass is 258 g/mol. The van der Waals surface area contributed by atoms with Gasteiger partial charge in [0.2, 0.25) is 5.91 Å². The first-order chi connectivity index (χ1) is 9.11. The van der Waals surface area contributed by atoms with Gasteiger partial charge in [0, 0.05) is 29.1 Å². The number of aromatic amines is 1. The molecule has 1 amide bonds. The van der Waals surface area contributed by atoms with Gasteiger partial charge >= 0.3 is 0 Å². The maximum Gasteiger partial charge on any atom is 0.220 e. The van der Waals surface area contributed by atoms with Crippen LogP contribution in [0.1, 0.15) is 37.9 Å². The molecule has 0 saturated carbocycles. The highest BCUT2D eigenvalue weighted by molar-refractivity contribution is 5.85. The summed E-state index contributed by atoms with van der Waals surface area (Å²) in [6.45, 7) is 6.19.